The maximum atomic E-state index is 12.8. The molecule has 2 aliphatic heterocycles. The van der Waals surface area contributed by atoms with Crippen LogP contribution in [0.5, 0.6) is 0 Å². The third kappa shape index (κ3) is 4.75. The van der Waals surface area contributed by atoms with Gasteiger partial charge in [0.15, 0.2) is 0 Å². The Bertz CT molecular complexity index is 529. The maximum Gasteiger partial charge on any atom is 0.242 e. The van der Waals surface area contributed by atoms with Crippen LogP contribution in [-0.2, 0) is 4.79 Å². The molecular formula is C16H25BrCl2N4O. The first kappa shape index (κ1) is 21.5. The predicted octanol–water partition coefficient (Wildman–Crippen LogP) is 2.87. The average Bonchev–Trinajstić information content (AvgIpc) is 2.56. The number of piperidine rings is 1. The van der Waals surface area contributed by atoms with Gasteiger partial charge in [-0.1, -0.05) is 0 Å². The molecule has 0 aliphatic carbocycles. The molecule has 8 heteroatoms. The number of anilines is 1. The molecule has 24 heavy (non-hydrogen) atoms. The number of pyridine rings is 1. The smallest absolute Gasteiger partial charge is 0.242 e. The fraction of sp³-hybridized carbons (Fsp3) is 0.625. The normalized spacial score (nSPS) is 23.9. The molecule has 0 bridgehead atoms. The van der Waals surface area contributed by atoms with Gasteiger partial charge in [-0.15, -0.1) is 24.8 Å². The van der Waals surface area contributed by atoms with E-state index in [1.807, 2.05) is 23.2 Å². The van der Waals surface area contributed by atoms with Crippen LogP contribution in [0.3, 0.4) is 0 Å². The number of rotatable bonds is 2. The van der Waals surface area contributed by atoms with Crippen LogP contribution in [0.4, 0.5) is 5.82 Å². The Hall–Kier alpha value is -0.560. The van der Waals surface area contributed by atoms with Crippen LogP contribution in [0.2, 0.25) is 0 Å². The topological polar surface area (TPSA) is 48.5 Å². The molecule has 1 unspecified atom stereocenters. The van der Waals surface area contributed by atoms with Gasteiger partial charge in [-0.05, 0) is 60.8 Å². The summed E-state index contributed by atoms with van der Waals surface area (Å²) in [6.07, 6.45) is 5.07. The lowest BCUT2D eigenvalue weighted by Crippen LogP contribution is -2.61. The van der Waals surface area contributed by atoms with E-state index in [9.17, 15) is 4.79 Å². The number of carbonyl (C=O) groups is 1. The monoisotopic (exact) mass is 438 g/mol. The summed E-state index contributed by atoms with van der Waals surface area (Å²) in [5.41, 5.74) is -0.365. The summed E-state index contributed by atoms with van der Waals surface area (Å²) in [6.45, 7) is 6.23. The number of nitrogens with zero attached hydrogens (tertiary/aromatic N) is 3. The van der Waals surface area contributed by atoms with Crippen LogP contribution in [0.25, 0.3) is 0 Å². The van der Waals surface area contributed by atoms with E-state index >= 15 is 0 Å². The van der Waals surface area contributed by atoms with Crippen molar-refractivity contribution in [2.45, 2.75) is 31.7 Å². The van der Waals surface area contributed by atoms with Gasteiger partial charge in [-0.3, -0.25) is 4.79 Å². The van der Waals surface area contributed by atoms with Gasteiger partial charge < -0.3 is 15.1 Å². The van der Waals surface area contributed by atoms with E-state index in [0.717, 1.165) is 55.9 Å². The highest BCUT2D eigenvalue weighted by molar-refractivity contribution is 9.10. The first-order chi connectivity index (χ1) is 10.6. The van der Waals surface area contributed by atoms with Crippen molar-refractivity contribution in [2.24, 2.45) is 0 Å². The first-order valence-electron chi connectivity index (χ1n) is 7.99. The molecule has 0 saturated carbocycles. The summed E-state index contributed by atoms with van der Waals surface area (Å²) in [5.74, 6) is 1.24. The molecule has 1 atom stereocenters. The van der Waals surface area contributed by atoms with E-state index in [4.69, 9.17) is 0 Å². The van der Waals surface area contributed by atoms with Gasteiger partial charge in [0.25, 0.3) is 0 Å². The molecule has 3 rings (SSSR count). The van der Waals surface area contributed by atoms with E-state index in [1.165, 1.54) is 6.42 Å². The third-order valence-electron chi connectivity index (χ3n) is 4.69. The van der Waals surface area contributed by atoms with Gasteiger partial charge in [0.05, 0.1) is 5.54 Å². The molecule has 1 aromatic rings. The van der Waals surface area contributed by atoms with Gasteiger partial charge in [0.1, 0.15) is 5.82 Å². The molecule has 0 spiro atoms. The van der Waals surface area contributed by atoms with E-state index in [0.29, 0.717) is 0 Å². The Labute approximate surface area is 164 Å². The largest absolute Gasteiger partial charge is 0.353 e. The lowest BCUT2D eigenvalue weighted by molar-refractivity contribution is -0.139. The van der Waals surface area contributed by atoms with Crippen LogP contribution >= 0.6 is 40.7 Å². The molecule has 0 aromatic carbocycles. The van der Waals surface area contributed by atoms with Crippen LogP contribution in [0.1, 0.15) is 26.2 Å². The van der Waals surface area contributed by atoms with Crippen molar-refractivity contribution < 1.29 is 4.79 Å². The molecular weight excluding hydrogens is 415 g/mol. The Morgan fingerprint density at radius 2 is 1.92 bits per heavy atom. The molecule has 0 radical (unpaired) electrons. The zero-order chi connectivity index (χ0) is 15.6. The number of halogens is 3. The maximum absolute atomic E-state index is 12.8. The second-order valence-corrected chi connectivity index (χ2v) is 7.25. The van der Waals surface area contributed by atoms with E-state index in [-0.39, 0.29) is 36.3 Å². The molecule has 5 nitrogen and oxygen atoms in total. The minimum atomic E-state index is -0.365. The Morgan fingerprint density at radius 3 is 2.46 bits per heavy atom. The van der Waals surface area contributed by atoms with Gasteiger partial charge in [0, 0.05) is 36.8 Å². The molecule has 1 aromatic heterocycles. The highest BCUT2D eigenvalue weighted by Gasteiger charge is 2.38. The second kappa shape index (κ2) is 9.22. The molecule has 3 heterocycles. The van der Waals surface area contributed by atoms with E-state index in [1.54, 1.807) is 0 Å². The molecule has 2 fully saturated rings. The number of hydrogen-bond acceptors (Lipinski definition) is 4. The molecule has 2 aliphatic rings. The first-order valence-corrected chi connectivity index (χ1v) is 8.79. The van der Waals surface area contributed by atoms with Crippen molar-refractivity contribution in [3.63, 3.8) is 0 Å². The summed E-state index contributed by atoms with van der Waals surface area (Å²) >= 11 is 3.41. The Morgan fingerprint density at radius 1 is 1.21 bits per heavy atom. The van der Waals surface area contributed by atoms with Crippen molar-refractivity contribution in [1.82, 2.24) is 15.2 Å². The van der Waals surface area contributed by atoms with E-state index in [2.05, 4.69) is 38.1 Å². The summed E-state index contributed by atoms with van der Waals surface area (Å²) in [4.78, 5) is 21.5. The fourth-order valence-electron chi connectivity index (χ4n) is 3.28. The minimum Gasteiger partial charge on any atom is -0.353 e. The summed E-state index contributed by atoms with van der Waals surface area (Å²) < 4.78 is 0.987. The highest BCUT2D eigenvalue weighted by atomic mass is 79.9. The van der Waals surface area contributed by atoms with Gasteiger partial charge in [-0.2, -0.15) is 0 Å². The molecule has 136 valence electrons. The highest BCUT2D eigenvalue weighted by Crippen LogP contribution is 2.23. The van der Waals surface area contributed by atoms with Crippen LogP contribution in [0, 0.1) is 0 Å². The Balaban J connectivity index is 0.00000144. The van der Waals surface area contributed by atoms with Gasteiger partial charge in [0.2, 0.25) is 5.91 Å². The molecule has 1 amide bonds. The molecule has 1 N–H and O–H groups in total. The van der Waals surface area contributed by atoms with Gasteiger partial charge in [-0.25, -0.2) is 4.98 Å². The lowest BCUT2D eigenvalue weighted by Gasteiger charge is -2.42. The standard InChI is InChI=1S/C16H23BrN4O.2ClH/c1-16(6-2-3-7-19-16)15(22)21-10-8-20(9-11-21)14-5-4-13(17)12-18-14;;/h4-5,12,19H,2-3,6-11H2,1H3;2*1H. The number of piperazine rings is 1. The predicted molar refractivity (Wildman–Crippen MR) is 105 cm³/mol. The van der Waals surface area contributed by atoms with Gasteiger partial charge >= 0.3 is 0 Å². The van der Waals surface area contributed by atoms with Crippen molar-refractivity contribution in [3.05, 3.63) is 22.8 Å². The number of aromatic nitrogens is 1. The van der Waals surface area contributed by atoms with Crippen molar-refractivity contribution in [1.29, 1.82) is 0 Å². The average molecular weight is 440 g/mol. The minimum absolute atomic E-state index is 0. The van der Waals surface area contributed by atoms with E-state index < -0.39 is 0 Å². The quantitative estimate of drug-likeness (QED) is 0.769. The third-order valence-corrected chi connectivity index (χ3v) is 5.16. The Kier molecular flexibility index (Phi) is 8.26. The summed E-state index contributed by atoms with van der Waals surface area (Å²) in [6, 6.07) is 4.03. The SMILES string of the molecule is CC1(C(=O)N2CCN(c3ccc(Br)cn3)CC2)CCCCN1.Cl.Cl. The van der Waals surface area contributed by atoms with Crippen molar-refractivity contribution in [2.75, 3.05) is 37.6 Å². The van der Waals surface area contributed by atoms with Crippen LogP contribution in [0.15, 0.2) is 22.8 Å². The lowest BCUT2D eigenvalue weighted by atomic mass is 9.89. The second-order valence-electron chi connectivity index (χ2n) is 6.33. The zero-order valence-corrected chi connectivity index (χ0v) is 17.1. The van der Waals surface area contributed by atoms with Crippen LogP contribution in [-0.4, -0.2) is 54.1 Å². The summed E-state index contributed by atoms with van der Waals surface area (Å²) in [7, 11) is 0. The van der Waals surface area contributed by atoms with Crippen molar-refractivity contribution in [3.8, 4) is 0 Å². The zero-order valence-electron chi connectivity index (χ0n) is 13.8. The molecule has 2 saturated heterocycles. The fourth-order valence-corrected chi connectivity index (χ4v) is 3.52. The number of carbonyl (C=O) groups excluding carboxylic acids is 1. The summed E-state index contributed by atoms with van der Waals surface area (Å²) in [5, 5.41) is 3.42. The number of hydrogen-bond donors (Lipinski definition) is 1. The van der Waals surface area contributed by atoms with Crippen molar-refractivity contribution >= 4 is 52.5 Å². The van der Waals surface area contributed by atoms with Crippen LogP contribution < -0.4 is 10.2 Å². The number of nitrogens with one attached hydrogen (secondary N) is 1. The number of amides is 1.